The second-order valence-electron chi connectivity index (χ2n) is 8.80. The number of ether oxygens (including phenoxy) is 1. The average Bonchev–Trinajstić information content (AvgIpc) is 2.71. The van der Waals surface area contributed by atoms with Crippen LogP contribution in [-0.2, 0) is 9.53 Å². The summed E-state index contributed by atoms with van der Waals surface area (Å²) in [6.07, 6.45) is 1.13. The number of allylic oxidation sites excluding steroid dienone is 2. The molecule has 1 amide bonds. The molecule has 0 spiro atoms. The van der Waals surface area contributed by atoms with Crippen molar-refractivity contribution in [1.29, 1.82) is 0 Å². The molecule has 1 rings (SSSR count). The number of carbonyl (C=O) groups excluding carboxylic acids is 1. The van der Waals surface area contributed by atoms with Crippen molar-refractivity contribution in [3.8, 4) is 0 Å². The molecular formula is C24H38F2N2O3. The van der Waals surface area contributed by atoms with Gasteiger partial charge in [0.25, 0.3) is 12.3 Å². The van der Waals surface area contributed by atoms with Crippen LogP contribution in [0, 0.1) is 5.92 Å². The van der Waals surface area contributed by atoms with E-state index in [1.54, 1.807) is 6.92 Å². The fraction of sp³-hybridized carbons (Fsp3) is 0.667. The summed E-state index contributed by atoms with van der Waals surface area (Å²) in [6.45, 7) is 14.6. The molecule has 5 nitrogen and oxygen atoms in total. The van der Waals surface area contributed by atoms with Gasteiger partial charge in [-0.3, -0.25) is 9.79 Å². The smallest absolute Gasteiger partial charge is 0.290 e. The van der Waals surface area contributed by atoms with Crippen LogP contribution in [0.2, 0.25) is 0 Å². The molecule has 0 saturated carbocycles. The molecule has 0 fully saturated rings. The number of carbonyl (C=O) groups is 1. The Morgan fingerprint density at radius 3 is 2.42 bits per heavy atom. The van der Waals surface area contributed by atoms with Gasteiger partial charge in [-0.05, 0) is 70.9 Å². The molecule has 1 atom stereocenters. The van der Waals surface area contributed by atoms with E-state index in [0.717, 1.165) is 17.7 Å². The second-order valence-corrected chi connectivity index (χ2v) is 8.80. The third kappa shape index (κ3) is 7.56. The first-order chi connectivity index (χ1) is 14.3. The largest absolute Gasteiger partial charge is 0.453 e. The first-order valence-corrected chi connectivity index (χ1v) is 10.9. The van der Waals surface area contributed by atoms with Crippen molar-refractivity contribution in [2.45, 2.75) is 86.7 Å². The molecule has 0 saturated heterocycles. The lowest BCUT2D eigenvalue weighted by Gasteiger charge is -2.31. The van der Waals surface area contributed by atoms with Gasteiger partial charge in [0.2, 0.25) is 0 Å². The summed E-state index contributed by atoms with van der Waals surface area (Å²) < 4.78 is 33.0. The van der Waals surface area contributed by atoms with Crippen molar-refractivity contribution in [3.63, 3.8) is 0 Å². The fourth-order valence-electron chi connectivity index (χ4n) is 3.02. The van der Waals surface area contributed by atoms with Gasteiger partial charge in [0, 0.05) is 18.3 Å². The number of aliphatic imine (C=N–C) groups is 1. The maximum atomic E-state index is 13.6. The van der Waals surface area contributed by atoms with Crippen molar-refractivity contribution in [3.05, 3.63) is 33.9 Å². The number of amides is 1. The van der Waals surface area contributed by atoms with E-state index in [1.807, 2.05) is 20.1 Å². The minimum absolute atomic E-state index is 0.122. The standard InChI is InChI=1S/C24H38F2N2O3/c1-9-15(3)13-27-19-14-28(12-11-17(19)5)23(29)20(18(6)22(25)26)31-21(16(4)10-2)24(7,8)30/h13,15,22,30H,9-12,14H2,1-8H3/b20-18+,21-16?,27-13?/t15-/m0/s1. The van der Waals surface area contributed by atoms with Crippen molar-refractivity contribution < 1.29 is 23.4 Å². The molecule has 0 aromatic heterocycles. The van der Waals surface area contributed by atoms with E-state index >= 15 is 0 Å². The van der Waals surface area contributed by atoms with Crippen LogP contribution in [0.25, 0.3) is 0 Å². The highest BCUT2D eigenvalue weighted by atomic mass is 19.3. The van der Waals surface area contributed by atoms with Crippen LogP contribution in [0.15, 0.2) is 38.9 Å². The number of hydrogen-bond acceptors (Lipinski definition) is 4. The van der Waals surface area contributed by atoms with Crippen LogP contribution >= 0.6 is 0 Å². The Bertz CT molecular complexity index is 774. The first kappa shape index (κ1) is 27.0. The Hall–Kier alpha value is -2.02. The quantitative estimate of drug-likeness (QED) is 0.288. The summed E-state index contributed by atoms with van der Waals surface area (Å²) in [5, 5.41) is 10.5. The third-order valence-electron chi connectivity index (χ3n) is 5.56. The molecule has 7 heteroatoms. The lowest BCUT2D eigenvalue weighted by atomic mass is 10.0. The number of alkyl halides is 2. The van der Waals surface area contributed by atoms with E-state index in [9.17, 15) is 18.7 Å². The van der Waals surface area contributed by atoms with E-state index in [2.05, 4.69) is 18.8 Å². The molecule has 176 valence electrons. The van der Waals surface area contributed by atoms with Gasteiger partial charge in [0.1, 0.15) is 11.4 Å². The Kier molecular flexibility index (Phi) is 10.1. The first-order valence-electron chi connectivity index (χ1n) is 10.9. The van der Waals surface area contributed by atoms with Crippen LogP contribution in [0.3, 0.4) is 0 Å². The van der Waals surface area contributed by atoms with E-state index in [-0.39, 0.29) is 12.3 Å². The molecule has 0 bridgehead atoms. The van der Waals surface area contributed by atoms with E-state index in [1.165, 1.54) is 25.7 Å². The zero-order valence-corrected chi connectivity index (χ0v) is 20.2. The topological polar surface area (TPSA) is 62.1 Å². The molecule has 0 radical (unpaired) electrons. The normalized spacial score (nSPS) is 18.4. The summed E-state index contributed by atoms with van der Waals surface area (Å²) in [5.41, 5.74) is 0.675. The summed E-state index contributed by atoms with van der Waals surface area (Å²) >= 11 is 0. The van der Waals surface area contributed by atoms with E-state index in [0.29, 0.717) is 30.9 Å². The highest BCUT2D eigenvalue weighted by Crippen LogP contribution is 2.30. The number of rotatable bonds is 9. The number of aliphatic hydroxyl groups is 1. The minimum Gasteiger partial charge on any atom is -0.453 e. The van der Waals surface area contributed by atoms with Crippen molar-refractivity contribution in [2.24, 2.45) is 10.9 Å². The monoisotopic (exact) mass is 440 g/mol. The van der Waals surface area contributed by atoms with E-state index < -0.39 is 29.3 Å². The molecule has 0 unspecified atom stereocenters. The lowest BCUT2D eigenvalue weighted by Crippen LogP contribution is -2.39. The zero-order valence-electron chi connectivity index (χ0n) is 20.2. The SMILES string of the molecule is CCC(C)=C(O/C(C(=O)N1CCC(C)=C(N=C[C@@H](C)CC)C1)=C(\C)C(F)F)C(C)(C)O. The Morgan fingerprint density at radius 2 is 1.94 bits per heavy atom. The van der Waals surface area contributed by atoms with Crippen LogP contribution in [0.5, 0.6) is 0 Å². The van der Waals surface area contributed by atoms with Gasteiger partial charge in [0.05, 0.1) is 12.2 Å². The zero-order chi connectivity index (χ0) is 23.9. The lowest BCUT2D eigenvalue weighted by molar-refractivity contribution is -0.130. The molecule has 0 aromatic carbocycles. The summed E-state index contributed by atoms with van der Waals surface area (Å²) in [7, 11) is 0. The molecule has 1 aliphatic rings. The summed E-state index contributed by atoms with van der Waals surface area (Å²) in [6, 6.07) is 0. The average molecular weight is 441 g/mol. The molecule has 0 aromatic rings. The number of halogens is 2. The summed E-state index contributed by atoms with van der Waals surface area (Å²) in [5.74, 6) is -0.614. The van der Waals surface area contributed by atoms with Crippen LogP contribution in [0.4, 0.5) is 8.78 Å². The predicted molar refractivity (Wildman–Crippen MR) is 121 cm³/mol. The molecule has 1 heterocycles. The maximum Gasteiger partial charge on any atom is 0.290 e. The van der Waals surface area contributed by atoms with Gasteiger partial charge in [-0.1, -0.05) is 20.8 Å². The summed E-state index contributed by atoms with van der Waals surface area (Å²) in [4.78, 5) is 19.3. The van der Waals surface area contributed by atoms with Crippen molar-refractivity contribution >= 4 is 12.1 Å². The van der Waals surface area contributed by atoms with Crippen LogP contribution < -0.4 is 0 Å². The maximum absolute atomic E-state index is 13.6. The number of nitrogens with zero attached hydrogens (tertiary/aromatic N) is 2. The molecule has 1 N–H and O–H groups in total. The predicted octanol–water partition coefficient (Wildman–Crippen LogP) is 5.62. The minimum atomic E-state index is -2.85. The van der Waals surface area contributed by atoms with Gasteiger partial charge in [-0.2, -0.15) is 0 Å². The fourth-order valence-corrected chi connectivity index (χ4v) is 3.02. The van der Waals surface area contributed by atoms with Crippen molar-refractivity contribution in [1.82, 2.24) is 4.90 Å². The van der Waals surface area contributed by atoms with Crippen LogP contribution in [-0.4, -0.2) is 47.2 Å². The van der Waals surface area contributed by atoms with Gasteiger partial charge in [-0.25, -0.2) is 8.78 Å². The van der Waals surface area contributed by atoms with Gasteiger partial charge >= 0.3 is 0 Å². The molecule has 1 aliphatic heterocycles. The van der Waals surface area contributed by atoms with Gasteiger partial charge < -0.3 is 14.7 Å². The number of hydrogen-bond donors (Lipinski definition) is 1. The third-order valence-corrected chi connectivity index (χ3v) is 5.56. The van der Waals surface area contributed by atoms with Crippen molar-refractivity contribution in [2.75, 3.05) is 13.1 Å². The second kappa shape index (κ2) is 11.6. The highest BCUT2D eigenvalue weighted by Gasteiger charge is 2.32. The van der Waals surface area contributed by atoms with E-state index in [4.69, 9.17) is 4.74 Å². The molecular weight excluding hydrogens is 402 g/mol. The van der Waals surface area contributed by atoms with Crippen LogP contribution in [0.1, 0.15) is 74.7 Å². The van der Waals surface area contributed by atoms with Gasteiger partial charge in [-0.15, -0.1) is 0 Å². The Balaban J connectivity index is 3.30. The van der Waals surface area contributed by atoms with Gasteiger partial charge in [0.15, 0.2) is 5.76 Å². The Labute approximate surface area is 185 Å². The Morgan fingerprint density at radius 1 is 1.32 bits per heavy atom. The molecule has 31 heavy (non-hydrogen) atoms. The molecule has 0 aliphatic carbocycles. The highest BCUT2D eigenvalue weighted by molar-refractivity contribution is 5.93.